The molecule has 4 rings (SSSR count). The van der Waals surface area contributed by atoms with E-state index < -0.39 is 40.3 Å². The third-order valence-corrected chi connectivity index (χ3v) is 6.61. The van der Waals surface area contributed by atoms with Crippen LogP contribution >= 0.6 is 0 Å². The number of halogens is 3. The number of carbonyl (C=O) groups excluding carboxylic acids is 2. The first kappa shape index (κ1) is 26.7. The second-order valence-corrected chi connectivity index (χ2v) is 10.7. The lowest BCUT2D eigenvalue weighted by Gasteiger charge is -2.28. The minimum absolute atomic E-state index is 0.0738. The van der Waals surface area contributed by atoms with Crippen molar-refractivity contribution in [1.29, 1.82) is 5.26 Å². The van der Waals surface area contributed by atoms with Crippen molar-refractivity contribution >= 4 is 29.0 Å². The molecule has 6 nitrogen and oxygen atoms in total. The molecule has 3 aromatic carbocycles. The largest absolute Gasteiger partial charge is 0.353 e. The minimum Gasteiger partial charge on any atom is -0.353 e. The van der Waals surface area contributed by atoms with Crippen LogP contribution in [0.1, 0.15) is 51.3 Å². The van der Waals surface area contributed by atoms with Crippen molar-refractivity contribution in [2.24, 2.45) is 0 Å². The van der Waals surface area contributed by atoms with Crippen LogP contribution in [0, 0.1) is 28.8 Å². The molecule has 0 saturated carbocycles. The van der Waals surface area contributed by atoms with Crippen LogP contribution in [0.3, 0.4) is 0 Å². The van der Waals surface area contributed by atoms with Crippen molar-refractivity contribution in [3.05, 3.63) is 88.7 Å². The number of hydrogen-bond donors (Lipinski definition) is 1. The molecule has 1 N–H and O–H groups in total. The van der Waals surface area contributed by atoms with E-state index in [9.17, 15) is 28.0 Å². The van der Waals surface area contributed by atoms with E-state index in [0.29, 0.717) is 28.4 Å². The molecule has 1 aliphatic rings. The van der Waals surface area contributed by atoms with Gasteiger partial charge in [-0.1, -0.05) is 26.8 Å². The topological polar surface area (TPSA) is 76.4 Å². The van der Waals surface area contributed by atoms with E-state index in [2.05, 4.69) is 11.4 Å². The zero-order valence-corrected chi connectivity index (χ0v) is 21.7. The van der Waals surface area contributed by atoms with Gasteiger partial charge in [0, 0.05) is 11.8 Å². The molecule has 38 heavy (non-hydrogen) atoms. The van der Waals surface area contributed by atoms with Crippen molar-refractivity contribution in [2.75, 3.05) is 10.2 Å². The van der Waals surface area contributed by atoms with E-state index >= 15 is 0 Å². The standard InChI is InChI=1S/C29H27F3N4O2/c1-28(2,3)22-14-21(10-7-17(22)15-33)36-26(37)29(4,5)35(27(36)38)16-18-6-8-20(31)13-25(18)34-24-11-9-19(30)12-23(24)32/h6-14,34H,16H2,1-5H3. The van der Waals surface area contributed by atoms with Crippen molar-refractivity contribution in [3.63, 3.8) is 0 Å². The molecule has 1 heterocycles. The number of nitrogens with one attached hydrogen (secondary N) is 1. The summed E-state index contributed by atoms with van der Waals surface area (Å²) in [5, 5.41) is 12.3. The van der Waals surface area contributed by atoms with E-state index in [-0.39, 0.29) is 17.9 Å². The fourth-order valence-corrected chi connectivity index (χ4v) is 4.43. The van der Waals surface area contributed by atoms with Gasteiger partial charge in [-0.2, -0.15) is 5.26 Å². The average Bonchev–Trinajstić information content (AvgIpc) is 3.00. The van der Waals surface area contributed by atoms with Gasteiger partial charge in [-0.15, -0.1) is 0 Å². The molecule has 3 amide bonds. The van der Waals surface area contributed by atoms with E-state index in [0.717, 1.165) is 17.0 Å². The average molecular weight is 521 g/mol. The van der Waals surface area contributed by atoms with Gasteiger partial charge < -0.3 is 10.2 Å². The van der Waals surface area contributed by atoms with Gasteiger partial charge in [-0.05, 0) is 72.9 Å². The molecule has 1 fully saturated rings. The van der Waals surface area contributed by atoms with Crippen LogP contribution in [0.15, 0.2) is 54.6 Å². The maximum atomic E-state index is 14.3. The van der Waals surface area contributed by atoms with Gasteiger partial charge in [0.15, 0.2) is 0 Å². The summed E-state index contributed by atoms with van der Waals surface area (Å²) in [6.07, 6.45) is 0. The Morgan fingerprint density at radius 3 is 2.21 bits per heavy atom. The van der Waals surface area contributed by atoms with Crippen LogP contribution in [0.5, 0.6) is 0 Å². The first-order chi connectivity index (χ1) is 17.7. The Kier molecular flexibility index (Phi) is 6.70. The number of nitriles is 1. The number of imide groups is 1. The van der Waals surface area contributed by atoms with E-state index in [1.807, 2.05) is 20.8 Å². The van der Waals surface area contributed by atoms with Crippen LogP contribution in [0.2, 0.25) is 0 Å². The Balaban J connectivity index is 1.71. The molecule has 0 radical (unpaired) electrons. The molecule has 9 heteroatoms. The molecular formula is C29H27F3N4O2. The van der Waals surface area contributed by atoms with Crippen LogP contribution in [0.4, 0.5) is 35.0 Å². The van der Waals surface area contributed by atoms with E-state index in [4.69, 9.17) is 0 Å². The van der Waals surface area contributed by atoms with Gasteiger partial charge in [-0.3, -0.25) is 4.79 Å². The van der Waals surface area contributed by atoms with Gasteiger partial charge >= 0.3 is 6.03 Å². The van der Waals surface area contributed by atoms with Crippen LogP contribution in [-0.4, -0.2) is 22.4 Å². The Labute approximate surface area is 219 Å². The summed E-state index contributed by atoms with van der Waals surface area (Å²) in [5.41, 5.74) is 0.319. The lowest BCUT2D eigenvalue weighted by Crippen LogP contribution is -2.43. The molecule has 3 aromatic rings. The third kappa shape index (κ3) is 4.82. The lowest BCUT2D eigenvalue weighted by molar-refractivity contribution is -0.123. The van der Waals surface area contributed by atoms with Gasteiger partial charge in [0.05, 0.1) is 29.6 Å². The summed E-state index contributed by atoms with van der Waals surface area (Å²) in [7, 11) is 0. The Hall–Kier alpha value is -4.32. The summed E-state index contributed by atoms with van der Waals surface area (Å²) in [6, 6.07) is 13.1. The monoisotopic (exact) mass is 520 g/mol. The van der Waals surface area contributed by atoms with Gasteiger partial charge in [0.2, 0.25) is 0 Å². The minimum atomic E-state index is -1.26. The lowest BCUT2D eigenvalue weighted by atomic mass is 9.83. The highest BCUT2D eigenvalue weighted by molar-refractivity contribution is 6.23. The summed E-state index contributed by atoms with van der Waals surface area (Å²) in [5.74, 6) is -2.69. The fraction of sp³-hybridized carbons (Fsp3) is 0.276. The number of benzene rings is 3. The molecule has 0 aromatic heterocycles. The van der Waals surface area contributed by atoms with Gasteiger partial charge in [0.1, 0.15) is 23.0 Å². The molecule has 0 aliphatic carbocycles. The summed E-state index contributed by atoms with van der Waals surface area (Å²) in [4.78, 5) is 29.6. The number of anilines is 3. The highest BCUT2D eigenvalue weighted by Gasteiger charge is 2.52. The Bertz CT molecular complexity index is 1490. The van der Waals surface area contributed by atoms with Crippen LogP contribution in [0.25, 0.3) is 0 Å². The zero-order valence-electron chi connectivity index (χ0n) is 21.7. The van der Waals surface area contributed by atoms with E-state index in [1.165, 1.54) is 23.1 Å². The van der Waals surface area contributed by atoms with Crippen molar-refractivity contribution < 1.29 is 22.8 Å². The molecule has 1 saturated heterocycles. The highest BCUT2D eigenvalue weighted by atomic mass is 19.1. The maximum absolute atomic E-state index is 14.3. The van der Waals surface area contributed by atoms with Crippen molar-refractivity contribution in [2.45, 2.75) is 52.1 Å². The molecule has 0 unspecified atom stereocenters. The van der Waals surface area contributed by atoms with Crippen molar-refractivity contribution in [1.82, 2.24) is 4.90 Å². The van der Waals surface area contributed by atoms with Crippen molar-refractivity contribution in [3.8, 4) is 6.07 Å². The number of rotatable bonds is 5. The molecule has 0 spiro atoms. The number of carbonyl (C=O) groups is 2. The number of hydrogen-bond acceptors (Lipinski definition) is 4. The molecular weight excluding hydrogens is 493 g/mol. The molecule has 0 bridgehead atoms. The second-order valence-electron chi connectivity index (χ2n) is 10.7. The number of nitrogens with zero attached hydrogens (tertiary/aromatic N) is 3. The van der Waals surface area contributed by atoms with Crippen LogP contribution in [-0.2, 0) is 16.8 Å². The summed E-state index contributed by atoms with van der Waals surface area (Å²) < 4.78 is 41.8. The van der Waals surface area contributed by atoms with Gasteiger partial charge in [0.25, 0.3) is 5.91 Å². The Morgan fingerprint density at radius 2 is 1.58 bits per heavy atom. The number of urea groups is 1. The maximum Gasteiger partial charge on any atom is 0.332 e. The molecule has 0 atom stereocenters. The van der Waals surface area contributed by atoms with Crippen LogP contribution < -0.4 is 10.2 Å². The van der Waals surface area contributed by atoms with E-state index in [1.54, 1.807) is 32.0 Å². The smallest absolute Gasteiger partial charge is 0.332 e. The summed E-state index contributed by atoms with van der Waals surface area (Å²) in [6.45, 7) is 8.93. The molecule has 1 aliphatic heterocycles. The van der Waals surface area contributed by atoms with Gasteiger partial charge in [-0.25, -0.2) is 22.9 Å². The first-order valence-corrected chi connectivity index (χ1v) is 12.0. The zero-order chi connectivity index (χ0) is 28.0. The fourth-order valence-electron chi connectivity index (χ4n) is 4.43. The predicted octanol–water partition coefficient (Wildman–Crippen LogP) is 6.76. The first-order valence-electron chi connectivity index (χ1n) is 12.0. The third-order valence-electron chi connectivity index (χ3n) is 6.61. The SMILES string of the molecule is CC(C)(C)c1cc(N2C(=O)N(Cc3ccc(F)cc3Nc3ccc(F)cc3F)C(C)(C)C2=O)ccc1C#N. The summed E-state index contributed by atoms with van der Waals surface area (Å²) >= 11 is 0. The molecule has 196 valence electrons. The second kappa shape index (κ2) is 9.53. The quantitative estimate of drug-likeness (QED) is 0.377. The normalized spacial score (nSPS) is 15.1. The highest BCUT2D eigenvalue weighted by Crippen LogP contribution is 2.37. The Morgan fingerprint density at radius 1 is 0.921 bits per heavy atom. The predicted molar refractivity (Wildman–Crippen MR) is 138 cm³/mol. The number of amides is 3.